The number of ketones is 1. The van der Waals surface area contributed by atoms with Crippen molar-refractivity contribution < 1.29 is 13.2 Å². The van der Waals surface area contributed by atoms with Crippen molar-refractivity contribution in [3.8, 4) is 0 Å². The number of aromatic nitrogens is 2. The molecule has 96 valence electrons. The predicted octanol–water partition coefficient (Wildman–Crippen LogP) is 0.745. The van der Waals surface area contributed by atoms with Crippen LogP contribution in [0.2, 0.25) is 0 Å². The van der Waals surface area contributed by atoms with Gasteiger partial charge in [-0.3, -0.25) is 9.48 Å². The Bertz CT molecular complexity index is 515. The highest BCUT2D eigenvalue weighted by atomic mass is 32.2. The van der Waals surface area contributed by atoms with E-state index in [1.807, 2.05) is 6.07 Å². The third kappa shape index (κ3) is 2.94. The van der Waals surface area contributed by atoms with Gasteiger partial charge in [0.1, 0.15) is 4.75 Å². The van der Waals surface area contributed by atoms with Gasteiger partial charge in [-0.1, -0.05) is 0 Å². The molecule has 0 aromatic carbocycles. The summed E-state index contributed by atoms with van der Waals surface area (Å²) in [6.45, 7) is 2.90. The lowest BCUT2D eigenvalue weighted by molar-refractivity contribution is -0.120. The monoisotopic (exact) mass is 258 g/mol. The number of nitrogens with zero attached hydrogens (tertiary/aromatic N) is 2. The molecule has 6 heteroatoms. The van der Waals surface area contributed by atoms with E-state index in [9.17, 15) is 13.2 Å². The van der Waals surface area contributed by atoms with Gasteiger partial charge in [0.15, 0.2) is 15.6 Å². The van der Waals surface area contributed by atoms with E-state index in [1.54, 1.807) is 17.9 Å². The van der Waals surface area contributed by atoms with E-state index in [2.05, 4.69) is 5.10 Å². The van der Waals surface area contributed by atoms with Crippen molar-refractivity contribution in [2.75, 3.05) is 6.26 Å². The average molecular weight is 258 g/mol. The van der Waals surface area contributed by atoms with Crippen LogP contribution in [0, 0.1) is 0 Å². The molecule has 0 spiro atoms. The molecule has 17 heavy (non-hydrogen) atoms. The molecule has 0 aliphatic rings. The standard InChI is InChI=1S/C11H18N2O3S/c1-11(2,17(4,15)16)10(14)6-5-9-7-8-12-13(9)3/h7-8H,5-6H2,1-4H3. The van der Waals surface area contributed by atoms with Crippen LogP contribution in [0.15, 0.2) is 12.3 Å². The van der Waals surface area contributed by atoms with E-state index in [1.165, 1.54) is 13.8 Å². The second kappa shape index (κ2) is 4.60. The second-order valence-electron chi connectivity index (χ2n) is 4.65. The van der Waals surface area contributed by atoms with Crippen molar-refractivity contribution in [2.45, 2.75) is 31.4 Å². The van der Waals surface area contributed by atoms with Crippen molar-refractivity contribution in [1.29, 1.82) is 0 Å². The van der Waals surface area contributed by atoms with Gasteiger partial charge >= 0.3 is 0 Å². The molecule has 0 saturated carbocycles. The van der Waals surface area contributed by atoms with Gasteiger partial charge < -0.3 is 0 Å². The van der Waals surface area contributed by atoms with E-state index in [-0.39, 0.29) is 12.2 Å². The number of rotatable bonds is 5. The molecule has 0 aliphatic carbocycles. The van der Waals surface area contributed by atoms with Crippen LogP contribution in [-0.4, -0.2) is 35.0 Å². The molecule has 1 aromatic rings. The van der Waals surface area contributed by atoms with Crippen LogP contribution in [0.5, 0.6) is 0 Å². The lowest BCUT2D eigenvalue weighted by Gasteiger charge is -2.20. The van der Waals surface area contributed by atoms with E-state index in [0.29, 0.717) is 6.42 Å². The molecule has 0 atom stereocenters. The van der Waals surface area contributed by atoms with Crippen LogP contribution >= 0.6 is 0 Å². The molecule has 0 amide bonds. The summed E-state index contributed by atoms with van der Waals surface area (Å²) in [6.07, 6.45) is 3.46. The molecule has 1 heterocycles. The number of carbonyl (C=O) groups excluding carboxylic acids is 1. The van der Waals surface area contributed by atoms with Crippen LogP contribution in [0.1, 0.15) is 26.0 Å². The summed E-state index contributed by atoms with van der Waals surface area (Å²) in [7, 11) is -1.58. The first-order chi connectivity index (χ1) is 7.66. The molecule has 0 N–H and O–H groups in total. The highest BCUT2D eigenvalue weighted by molar-refractivity contribution is 7.92. The maximum atomic E-state index is 11.9. The number of hydrogen-bond acceptors (Lipinski definition) is 4. The molecule has 0 bridgehead atoms. The molecule has 0 fully saturated rings. The maximum Gasteiger partial charge on any atom is 0.159 e. The Labute approximate surface area is 102 Å². The summed E-state index contributed by atoms with van der Waals surface area (Å²) in [5, 5.41) is 3.99. The Balaban J connectivity index is 2.72. The maximum absolute atomic E-state index is 11.9. The summed E-state index contributed by atoms with van der Waals surface area (Å²) >= 11 is 0. The van der Waals surface area contributed by atoms with E-state index < -0.39 is 14.6 Å². The Morgan fingerprint density at radius 2 is 2.06 bits per heavy atom. The van der Waals surface area contributed by atoms with Crippen LogP contribution in [-0.2, 0) is 28.1 Å². The third-order valence-electron chi connectivity index (χ3n) is 3.13. The minimum atomic E-state index is -3.37. The summed E-state index contributed by atoms with van der Waals surface area (Å²) in [4.78, 5) is 11.9. The summed E-state index contributed by atoms with van der Waals surface area (Å²) in [5.41, 5.74) is 0.919. The third-order valence-corrected chi connectivity index (χ3v) is 5.21. The summed E-state index contributed by atoms with van der Waals surface area (Å²) in [6, 6.07) is 1.82. The molecule has 0 unspecified atom stereocenters. The Morgan fingerprint density at radius 1 is 1.47 bits per heavy atom. The number of Topliss-reactive ketones (excluding diaryl/α,β-unsaturated/α-hetero) is 1. The Hall–Kier alpha value is -1.17. The quantitative estimate of drug-likeness (QED) is 0.781. The van der Waals surface area contributed by atoms with Gasteiger partial charge in [0, 0.05) is 31.6 Å². The zero-order valence-corrected chi connectivity index (χ0v) is 11.4. The zero-order chi connectivity index (χ0) is 13.3. The van der Waals surface area contributed by atoms with Crippen molar-refractivity contribution in [3.05, 3.63) is 18.0 Å². The van der Waals surface area contributed by atoms with Gasteiger partial charge in [-0.15, -0.1) is 0 Å². The van der Waals surface area contributed by atoms with Gasteiger partial charge in [0.05, 0.1) is 0 Å². The smallest absolute Gasteiger partial charge is 0.159 e. The Kier molecular flexibility index (Phi) is 3.76. The van der Waals surface area contributed by atoms with Gasteiger partial charge in [0.2, 0.25) is 0 Å². The minimum Gasteiger partial charge on any atom is -0.298 e. The lowest BCUT2D eigenvalue weighted by atomic mass is 10.0. The van der Waals surface area contributed by atoms with Crippen molar-refractivity contribution >= 4 is 15.6 Å². The molecular formula is C11H18N2O3S. The van der Waals surface area contributed by atoms with Gasteiger partial charge in [0.25, 0.3) is 0 Å². The SMILES string of the molecule is Cn1nccc1CCC(=O)C(C)(C)S(C)(=O)=O. The summed E-state index contributed by atoms with van der Waals surface area (Å²) in [5.74, 6) is -0.263. The topological polar surface area (TPSA) is 69.0 Å². The highest BCUT2D eigenvalue weighted by Crippen LogP contribution is 2.19. The van der Waals surface area contributed by atoms with E-state index >= 15 is 0 Å². The zero-order valence-electron chi connectivity index (χ0n) is 10.6. The first-order valence-electron chi connectivity index (χ1n) is 5.36. The van der Waals surface area contributed by atoms with Gasteiger partial charge in [-0.2, -0.15) is 5.10 Å². The van der Waals surface area contributed by atoms with Crippen LogP contribution in [0.3, 0.4) is 0 Å². The molecule has 5 nitrogen and oxygen atoms in total. The molecule has 0 radical (unpaired) electrons. The largest absolute Gasteiger partial charge is 0.298 e. The molecule has 1 aromatic heterocycles. The molecular weight excluding hydrogens is 240 g/mol. The summed E-state index contributed by atoms with van der Waals surface area (Å²) < 4.78 is 23.3. The van der Waals surface area contributed by atoms with Gasteiger partial charge in [-0.25, -0.2) is 8.42 Å². The normalized spacial score (nSPS) is 12.7. The fourth-order valence-electron chi connectivity index (χ4n) is 1.40. The van der Waals surface area contributed by atoms with Crippen molar-refractivity contribution in [2.24, 2.45) is 7.05 Å². The number of aryl methyl sites for hydroxylation is 2. The number of carbonyl (C=O) groups is 1. The van der Waals surface area contributed by atoms with E-state index in [4.69, 9.17) is 0 Å². The predicted molar refractivity (Wildman–Crippen MR) is 65.5 cm³/mol. The second-order valence-corrected chi connectivity index (χ2v) is 7.22. The fourth-order valence-corrected chi connectivity index (χ4v) is 1.91. The van der Waals surface area contributed by atoms with Crippen LogP contribution < -0.4 is 0 Å². The fraction of sp³-hybridized carbons (Fsp3) is 0.636. The van der Waals surface area contributed by atoms with Gasteiger partial charge in [-0.05, 0) is 26.3 Å². The molecule has 0 aliphatic heterocycles. The Morgan fingerprint density at radius 3 is 2.47 bits per heavy atom. The highest BCUT2D eigenvalue weighted by Gasteiger charge is 2.37. The van der Waals surface area contributed by atoms with Crippen molar-refractivity contribution in [1.82, 2.24) is 9.78 Å². The average Bonchev–Trinajstić information content (AvgIpc) is 2.58. The number of hydrogen-bond donors (Lipinski definition) is 0. The molecule has 0 saturated heterocycles. The van der Waals surface area contributed by atoms with Crippen LogP contribution in [0.4, 0.5) is 0 Å². The van der Waals surface area contributed by atoms with E-state index in [0.717, 1.165) is 11.9 Å². The minimum absolute atomic E-state index is 0.208. The number of sulfone groups is 1. The molecule has 1 rings (SSSR count). The van der Waals surface area contributed by atoms with Crippen LogP contribution in [0.25, 0.3) is 0 Å². The lowest BCUT2D eigenvalue weighted by Crippen LogP contribution is -2.40. The van der Waals surface area contributed by atoms with Crippen molar-refractivity contribution in [3.63, 3.8) is 0 Å². The first-order valence-corrected chi connectivity index (χ1v) is 7.25. The first kappa shape index (κ1) is 13.9.